The minimum absolute atomic E-state index is 0.0645. The summed E-state index contributed by atoms with van der Waals surface area (Å²) in [5.74, 6) is -1.34. The van der Waals surface area contributed by atoms with Crippen LogP contribution in [0.2, 0.25) is 0 Å². The molecule has 0 unspecified atom stereocenters. The van der Waals surface area contributed by atoms with E-state index in [4.69, 9.17) is 26.4 Å². The number of fused-ring (bicyclic) bond motifs is 7. The molecule has 234 valence electrons. The number of hydrogen-bond acceptors (Lipinski definition) is 3. The lowest BCUT2D eigenvalue weighted by Gasteiger charge is -2.13. The lowest BCUT2D eigenvalue weighted by Crippen LogP contribution is -2.07. The summed E-state index contributed by atoms with van der Waals surface area (Å²) in [6.45, 7) is 0. The van der Waals surface area contributed by atoms with Gasteiger partial charge in [0, 0.05) is 38.4 Å². The van der Waals surface area contributed by atoms with Gasteiger partial charge in [0.25, 0.3) is 0 Å². The van der Waals surface area contributed by atoms with E-state index in [0.29, 0.717) is 49.3 Å². The Bertz CT molecular complexity index is 3710. The van der Waals surface area contributed by atoms with Crippen molar-refractivity contribution in [1.29, 1.82) is 0 Å². The third-order valence-electron chi connectivity index (χ3n) is 8.45. The maximum absolute atomic E-state index is 9.53. The van der Waals surface area contributed by atoms with Crippen LogP contribution in [0.25, 0.3) is 89.2 Å². The fourth-order valence-corrected chi connectivity index (χ4v) is 6.33. The highest BCUT2D eigenvalue weighted by atomic mass is 15.2. The van der Waals surface area contributed by atoms with Gasteiger partial charge in [-0.05, 0) is 35.4 Å². The van der Waals surface area contributed by atoms with Gasteiger partial charge < -0.3 is 4.57 Å². The predicted octanol–water partition coefficient (Wildman–Crippen LogP) is 11.1. The van der Waals surface area contributed by atoms with Crippen molar-refractivity contribution in [1.82, 2.24) is 24.1 Å². The Kier molecular flexibility index (Phi) is 3.76. The average molecular weight is 656 g/mol. The highest BCUT2D eigenvalue weighted by molar-refractivity contribution is 6.23. The SMILES string of the molecule is [2H]c1c([2H])c([2H])c(-c2nc(-c3c([2H])c([2H])c(-c4c([2H])c([2H])c([2H])c([2H])c4[2H])c([2H])c3[2H])nc(-n3c4ccccc4c4c([2H])c([2H])c5c6ccccc6n(-c6ccccc6)c5c43)n2)c([2H])c1[2H]. The highest BCUT2D eigenvalue weighted by Gasteiger charge is 2.23. The van der Waals surface area contributed by atoms with Crippen LogP contribution in [-0.4, -0.2) is 24.1 Å². The molecule has 0 saturated carbocycles. The molecule has 10 rings (SSSR count). The molecule has 7 aromatic carbocycles. The summed E-state index contributed by atoms with van der Waals surface area (Å²) in [7, 11) is 0. The summed E-state index contributed by atoms with van der Waals surface area (Å²) in [6.07, 6.45) is 0. The molecule has 3 aromatic heterocycles. The Labute approximate surface area is 310 Å². The van der Waals surface area contributed by atoms with Gasteiger partial charge in [-0.25, -0.2) is 4.98 Å². The van der Waals surface area contributed by atoms with Crippen LogP contribution in [0.4, 0.5) is 0 Å². The maximum Gasteiger partial charge on any atom is 0.238 e. The number of aromatic nitrogens is 5. The van der Waals surface area contributed by atoms with Gasteiger partial charge in [-0.15, -0.1) is 0 Å². The molecule has 5 nitrogen and oxygen atoms in total. The van der Waals surface area contributed by atoms with Crippen LogP contribution >= 0.6 is 0 Å². The largest absolute Gasteiger partial charge is 0.307 e. The van der Waals surface area contributed by atoms with Gasteiger partial charge in [-0.3, -0.25) is 4.57 Å². The lowest BCUT2D eigenvalue weighted by atomic mass is 10.0. The summed E-state index contributed by atoms with van der Waals surface area (Å²) < 4.78 is 144. The Morgan fingerprint density at radius 1 is 0.380 bits per heavy atom. The van der Waals surface area contributed by atoms with Crippen LogP contribution < -0.4 is 0 Å². The second-order valence-electron chi connectivity index (χ2n) is 11.3. The smallest absolute Gasteiger partial charge is 0.238 e. The van der Waals surface area contributed by atoms with Crippen molar-refractivity contribution in [3.05, 3.63) is 176 Å². The molecule has 0 aliphatic heterocycles. The first-order valence-corrected chi connectivity index (χ1v) is 15.5. The number of para-hydroxylation sites is 3. The van der Waals surface area contributed by atoms with Crippen LogP contribution in [-0.2, 0) is 0 Å². The van der Waals surface area contributed by atoms with E-state index < -0.39 is 118 Å². The molecule has 0 spiro atoms. The summed E-state index contributed by atoms with van der Waals surface area (Å²) in [5.41, 5.74) is 0.432. The minimum Gasteiger partial charge on any atom is -0.307 e. The monoisotopic (exact) mass is 655 g/mol. The molecule has 50 heavy (non-hydrogen) atoms. The Hall–Kier alpha value is -6.85. The molecular weight excluding hydrogens is 611 g/mol. The van der Waals surface area contributed by atoms with Crippen molar-refractivity contribution in [2.75, 3.05) is 0 Å². The van der Waals surface area contributed by atoms with Crippen LogP contribution in [0.5, 0.6) is 0 Å². The van der Waals surface area contributed by atoms with Crippen LogP contribution in [0, 0.1) is 0 Å². The Morgan fingerprint density at radius 2 is 0.840 bits per heavy atom. The van der Waals surface area contributed by atoms with Gasteiger partial charge in [0.1, 0.15) is 0 Å². The first kappa shape index (κ1) is 16.5. The highest BCUT2D eigenvalue weighted by Crippen LogP contribution is 2.41. The van der Waals surface area contributed by atoms with Crippen molar-refractivity contribution in [3.8, 4) is 45.5 Å². The van der Waals surface area contributed by atoms with Gasteiger partial charge in [0.2, 0.25) is 5.95 Å². The van der Waals surface area contributed by atoms with Crippen molar-refractivity contribution in [2.45, 2.75) is 0 Å². The second-order valence-corrected chi connectivity index (χ2v) is 11.3. The van der Waals surface area contributed by atoms with Gasteiger partial charge in [0.15, 0.2) is 11.6 Å². The van der Waals surface area contributed by atoms with Crippen LogP contribution in [0.3, 0.4) is 0 Å². The van der Waals surface area contributed by atoms with Gasteiger partial charge in [0.05, 0.1) is 44.0 Å². The van der Waals surface area contributed by atoms with Crippen LogP contribution in [0.15, 0.2) is 176 Å². The summed E-state index contributed by atoms with van der Waals surface area (Å²) in [5, 5.41) is 1.89. The first-order valence-electron chi connectivity index (χ1n) is 23.5. The van der Waals surface area contributed by atoms with Crippen molar-refractivity contribution in [3.63, 3.8) is 0 Å². The summed E-state index contributed by atoms with van der Waals surface area (Å²) in [4.78, 5) is 14.1. The zero-order chi connectivity index (χ0) is 46.9. The Balaban J connectivity index is 1.40. The van der Waals surface area contributed by atoms with E-state index in [1.165, 1.54) is 0 Å². The summed E-state index contributed by atoms with van der Waals surface area (Å²) in [6, 6.07) is 13.1. The molecule has 0 amide bonds. The van der Waals surface area contributed by atoms with E-state index in [1.807, 2.05) is 59.2 Å². The third-order valence-corrected chi connectivity index (χ3v) is 8.45. The van der Waals surface area contributed by atoms with E-state index in [1.54, 1.807) is 28.8 Å². The predicted molar refractivity (Wildman–Crippen MR) is 205 cm³/mol. The molecule has 0 atom stereocenters. The quantitative estimate of drug-likeness (QED) is 0.185. The molecule has 5 heteroatoms. The van der Waals surface area contributed by atoms with E-state index in [0.717, 1.165) is 0 Å². The molecule has 3 heterocycles. The van der Waals surface area contributed by atoms with E-state index >= 15 is 0 Å². The normalized spacial score (nSPS) is 16.1. The summed E-state index contributed by atoms with van der Waals surface area (Å²) >= 11 is 0. The minimum atomic E-state index is -0.802. The zero-order valence-electron chi connectivity index (χ0n) is 41.7. The van der Waals surface area contributed by atoms with Gasteiger partial charge in [-0.2, -0.15) is 9.97 Å². The molecule has 10 aromatic rings. The number of rotatable bonds is 5. The van der Waals surface area contributed by atoms with Crippen molar-refractivity contribution >= 4 is 43.6 Å². The maximum atomic E-state index is 9.53. The number of benzene rings is 7. The van der Waals surface area contributed by atoms with E-state index in [2.05, 4.69) is 4.98 Å². The van der Waals surface area contributed by atoms with Crippen molar-refractivity contribution in [2.24, 2.45) is 0 Å². The third kappa shape index (κ3) is 4.45. The second kappa shape index (κ2) is 11.4. The molecule has 0 fully saturated rings. The molecular formula is C45H29N5. The average Bonchev–Trinajstić information content (AvgIpc) is 3.85. The van der Waals surface area contributed by atoms with Crippen molar-refractivity contribution < 1.29 is 21.9 Å². The zero-order valence-corrected chi connectivity index (χ0v) is 25.7. The Morgan fingerprint density at radius 3 is 1.46 bits per heavy atom. The number of hydrogen-bond donors (Lipinski definition) is 0. The molecule has 0 aliphatic rings. The van der Waals surface area contributed by atoms with Gasteiger partial charge >= 0.3 is 0 Å². The molecule has 0 N–H and O–H groups in total. The molecule has 0 radical (unpaired) electrons. The fourth-order valence-electron chi connectivity index (χ4n) is 6.33. The first-order chi connectivity index (χ1) is 31.5. The number of nitrogens with zero attached hydrogens (tertiary/aromatic N) is 5. The van der Waals surface area contributed by atoms with E-state index in [-0.39, 0.29) is 18.0 Å². The fraction of sp³-hybridized carbons (Fsp3) is 0. The lowest BCUT2D eigenvalue weighted by molar-refractivity contribution is 0.953. The molecule has 0 bridgehead atoms. The standard InChI is InChI=1S/C45H29N5/c1-4-14-30(15-5-1)31-24-26-33(27-25-31)44-46-43(32-16-6-2-7-17-32)47-45(48-44)50-40-23-13-11-21-36(40)38-29-28-37-35-20-10-12-22-39(35)49(41(37)42(38)50)34-18-8-3-9-19-34/h1-29H/i1D,2D,4D,5D,6D,7D,14D,15D,16D,17D,24D,25D,26D,27D,28D,29D. The van der Waals surface area contributed by atoms with E-state index in [9.17, 15) is 5.48 Å². The molecule has 0 saturated heterocycles. The van der Waals surface area contributed by atoms with Crippen LogP contribution in [0.1, 0.15) is 21.9 Å². The topological polar surface area (TPSA) is 48.5 Å². The molecule has 0 aliphatic carbocycles. The van der Waals surface area contributed by atoms with Gasteiger partial charge in [-0.1, -0.05) is 151 Å².